The van der Waals surface area contributed by atoms with Gasteiger partial charge in [-0.2, -0.15) is 5.48 Å². The lowest BCUT2D eigenvalue weighted by atomic mass is 10.1. The fourth-order valence-corrected chi connectivity index (χ4v) is 1.47. The van der Waals surface area contributed by atoms with E-state index in [2.05, 4.69) is 12.1 Å². The van der Waals surface area contributed by atoms with E-state index in [1.54, 1.807) is 6.08 Å². The number of hydrogen-bond donors (Lipinski definition) is 3. The molecule has 0 aliphatic heterocycles. The van der Waals surface area contributed by atoms with Crippen LogP contribution in [0.25, 0.3) is 0 Å². The maximum absolute atomic E-state index is 9.74. The lowest BCUT2D eigenvalue weighted by molar-refractivity contribution is -0.151. The van der Waals surface area contributed by atoms with Crippen LogP contribution < -0.4 is 5.48 Å². The molecule has 0 rings (SSSR count). The first-order valence-corrected chi connectivity index (χ1v) is 6.25. The van der Waals surface area contributed by atoms with E-state index in [1.165, 1.54) is 0 Å². The minimum Gasteiger partial charge on any atom is -0.378 e. The number of hydroxylamine groups is 1. The van der Waals surface area contributed by atoms with Crippen LogP contribution in [0, 0.1) is 0 Å². The fourth-order valence-electron chi connectivity index (χ4n) is 1.47. The Kier molecular flexibility index (Phi) is 10.5. The molecule has 0 fully saturated rings. The van der Waals surface area contributed by atoms with Crippen molar-refractivity contribution in [2.24, 2.45) is 0 Å². The van der Waals surface area contributed by atoms with Crippen LogP contribution in [-0.4, -0.2) is 55.0 Å². The van der Waals surface area contributed by atoms with E-state index in [-0.39, 0.29) is 0 Å². The van der Waals surface area contributed by atoms with Gasteiger partial charge in [-0.1, -0.05) is 19.4 Å². The molecule has 6 heteroatoms. The summed E-state index contributed by atoms with van der Waals surface area (Å²) in [5.74, 6) is 0. The summed E-state index contributed by atoms with van der Waals surface area (Å²) in [4.78, 5) is 6.90. The highest BCUT2D eigenvalue weighted by Crippen LogP contribution is 2.00. The Hall–Kier alpha value is -0.395. The molecular weight excluding hydrogens is 219 g/mol. The van der Waals surface area contributed by atoms with Crippen molar-refractivity contribution in [1.29, 1.82) is 0 Å². The Balaban J connectivity index is 3.65. The SMILES string of the molecule is BCN(CCNOC(O)CCC)C(O)CC=C. The van der Waals surface area contributed by atoms with Gasteiger partial charge in [0.2, 0.25) is 0 Å². The molecule has 0 spiro atoms. The molecule has 0 aromatic carbocycles. The standard InChI is InChI=1S/C11H25BN2O3/c1-3-5-10(15)14(9-12)8-7-13-17-11(16)6-4-2/h3,10-11,13,15-16H,1,4-9,12H2,2H3. The number of hydrogen-bond acceptors (Lipinski definition) is 5. The van der Waals surface area contributed by atoms with Crippen molar-refractivity contribution in [2.75, 3.05) is 19.5 Å². The summed E-state index contributed by atoms with van der Waals surface area (Å²) >= 11 is 0. The Morgan fingerprint density at radius 3 is 2.76 bits per heavy atom. The van der Waals surface area contributed by atoms with E-state index in [4.69, 9.17) is 4.84 Å². The van der Waals surface area contributed by atoms with Gasteiger partial charge in [-0.3, -0.25) is 9.74 Å². The molecule has 0 aromatic heterocycles. The van der Waals surface area contributed by atoms with Gasteiger partial charge in [0.25, 0.3) is 0 Å². The van der Waals surface area contributed by atoms with E-state index >= 15 is 0 Å². The molecule has 0 radical (unpaired) electrons. The zero-order chi connectivity index (χ0) is 13.1. The Morgan fingerprint density at radius 2 is 2.24 bits per heavy atom. The fraction of sp³-hybridized carbons (Fsp3) is 0.818. The van der Waals surface area contributed by atoms with Crippen LogP contribution in [0.3, 0.4) is 0 Å². The lowest BCUT2D eigenvalue weighted by Crippen LogP contribution is -2.41. The highest BCUT2D eigenvalue weighted by atomic mass is 16.7. The number of rotatable bonds is 11. The second-order valence-corrected chi connectivity index (χ2v) is 3.89. The van der Waals surface area contributed by atoms with Crippen LogP contribution in [0.2, 0.25) is 0 Å². The molecular formula is C11H25BN2O3. The average molecular weight is 244 g/mol. The molecule has 2 atom stereocenters. The van der Waals surface area contributed by atoms with Gasteiger partial charge in [0.15, 0.2) is 6.29 Å². The highest BCUT2D eigenvalue weighted by Gasteiger charge is 2.11. The number of aliphatic hydroxyl groups is 2. The molecule has 17 heavy (non-hydrogen) atoms. The van der Waals surface area contributed by atoms with Gasteiger partial charge in [0.1, 0.15) is 14.1 Å². The summed E-state index contributed by atoms with van der Waals surface area (Å²) in [6, 6.07) is 0. The molecule has 2 unspecified atom stereocenters. The van der Waals surface area contributed by atoms with Gasteiger partial charge >= 0.3 is 0 Å². The molecule has 0 bridgehead atoms. The van der Waals surface area contributed by atoms with Crippen LogP contribution >= 0.6 is 0 Å². The summed E-state index contributed by atoms with van der Waals surface area (Å²) < 4.78 is 0. The topological polar surface area (TPSA) is 65.0 Å². The zero-order valence-electron chi connectivity index (χ0n) is 10.9. The maximum atomic E-state index is 9.74. The number of nitrogens with one attached hydrogen (secondary N) is 1. The third-order valence-electron chi connectivity index (χ3n) is 2.46. The molecule has 3 N–H and O–H groups in total. The molecule has 0 aliphatic rings. The maximum Gasteiger partial charge on any atom is 0.174 e. The van der Waals surface area contributed by atoms with E-state index < -0.39 is 12.5 Å². The Bertz CT molecular complexity index is 196. The van der Waals surface area contributed by atoms with Crippen LogP contribution in [-0.2, 0) is 4.84 Å². The largest absolute Gasteiger partial charge is 0.378 e. The minimum absolute atomic E-state index is 0.500. The smallest absolute Gasteiger partial charge is 0.174 e. The van der Waals surface area contributed by atoms with Gasteiger partial charge in [-0.15, -0.1) is 6.58 Å². The van der Waals surface area contributed by atoms with Gasteiger partial charge in [-0.05, 0) is 12.9 Å². The van der Waals surface area contributed by atoms with Gasteiger partial charge in [-0.25, -0.2) is 0 Å². The third-order valence-corrected chi connectivity index (χ3v) is 2.46. The first-order chi connectivity index (χ1) is 8.15. The van der Waals surface area contributed by atoms with Gasteiger partial charge in [0, 0.05) is 19.5 Å². The zero-order valence-corrected chi connectivity index (χ0v) is 10.9. The van der Waals surface area contributed by atoms with Crippen LogP contribution in [0.4, 0.5) is 0 Å². The van der Waals surface area contributed by atoms with E-state index in [0.29, 0.717) is 25.9 Å². The highest BCUT2D eigenvalue weighted by molar-refractivity contribution is 6.08. The molecule has 5 nitrogen and oxygen atoms in total. The van der Waals surface area contributed by atoms with Crippen molar-refractivity contribution in [3.05, 3.63) is 12.7 Å². The molecule has 0 aromatic rings. The summed E-state index contributed by atoms with van der Waals surface area (Å²) in [5.41, 5.74) is 2.70. The van der Waals surface area contributed by atoms with Crippen LogP contribution in [0.5, 0.6) is 0 Å². The summed E-state index contributed by atoms with van der Waals surface area (Å²) in [6.45, 7) is 6.80. The van der Waals surface area contributed by atoms with E-state index in [9.17, 15) is 10.2 Å². The number of nitrogens with zero attached hydrogens (tertiary/aromatic N) is 1. The van der Waals surface area contributed by atoms with Crippen molar-refractivity contribution in [1.82, 2.24) is 10.4 Å². The molecule has 0 saturated heterocycles. The molecule has 0 heterocycles. The van der Waals surface area contributed by atoms with Crippen molar-refractivity contribution in [3.8, 4) is 0 Å². The van der Waals surface area contributed by atoms with Crippen LogP contribution in [0.1, 0.15) is 26.2 Å². The molecule has 100 valence electrons. The monoisotopic (exact) mass is 244 g/mol. The quantitative estimate of drug-likeness (QED) is 0.149. The lowest BCUT2D eigenvalue weighted by Gasteiger charge is -2.26. The molecule has 0 amide bonds. The van der Waals surface area contributed by atoms with E-state index in [1.807, 2.05) is 19.7 Å². The Morgan fingerprint density at radius 1 is 1.53 bits per heavy atom. The first-order valence-electron chi connectivity index (χ1n) is 6.25. The molecule has 0 saturated carbocycles. The third kappa shape index (κ3) is 8.34. The summed E-state index contributed by atoms with van der Waals surface area (Å²) in [7, 11) is 1.99. The molecule has 0 aliphatic carbocycles. The van der Waals surface area contributed by atoms with Crippen LogP contribution in [0.15, 0.2) is 12.7 Å². The van der Waals surface area contributed by atoms with Gasteiger partial charge < -0.3 is 10.2 Å². The first kappa shape index (κ1) is 16.6. The van der Waals surface area contributed by atoms with Crippen molar-refractivity contribution in [3.63, 3.8) is 0 Å². The summed E-state index contributed by atoms with van der Waals surface area (Å²) in [6.07, 6.45) is 3.24. The second kappa shape index (κ2) is 10.7. The van der Waals surface area contributed by atoms with Crippen molar-refractivity contribution >= 4 is 7.85 Å². The van der Waals surface area contributed by atoms with Crippen molar-refractivity contribution in [2.45, 2.75) is 38.7 Å². The Labute approximate surface area is 105 Å². The minimum atomic E-state index is -0.756. The summed E-state index contributed by atoms with van der Waals surface area (Å²) in [5, 5.41) is 19.0. The number of aliphatic hydroxyl groups excluding tert-OH is 2. The van der Waals surface area contributed by atoms with Gasteiger partial charge in [0.05, 0.1) is 0 Å². The second-order valence-electron chi connectivity index (χ2n) is 3.89. The van der Waals surface area contributed by atoms with E-state index in [0.717, 1.165) is 12.9 Å². The normalized spacial score (nSPS) is 14.8. The predicted octanol–water partition coefficient (Wildman–Crippen LogP) is -0.587. The van der Waals surface area contributed by atoms with Crippen molar-refractivity contribution < 1.29 is 15.1 Å². The average Bonchev–Trinajstić information content (AvgIpc) is 2.29. The predicted molar refractivity (Wildman–Crippen MR) is 70.9 cm³/mol.